The minimum absolute atomic E-state index is 0.0138. The van der Waals surface area contributed by atoms with Gasteiger partial charge in [-0.25, -0.2) is 9.48 Å². The van der Waals surface area contributed by atoms with Crippen molar-refractivity contribution in [3.63, 3.8) is 0 Å². The van der Waals surface area contributed by atoms with Gasteiger partial charge in [-0.1, -0.05) is 72.3 Å². The molecule has 0 aliphatic carbocycles. The maximum absolute atomic E-state index is 12.9. The number of carbonyl (C=O) groups is 2. The number of rotatable bonds is 8. The van der Waals surface area contributed by atoms with Gasteiger partial charge in [-0.3, -0.25) is 9.59 Å². The number of esters is 1. The summed E-state index contributed by atoms with van der Waals surface area (Å²) in [4.78, 5) is 37.9. The van der Waals surface area contributed by atoms with Crippen LogP contribution in [0.2, 0.25) is 5.02 Å². The van der Waals surface area contributed by atoms with Crippen molar-refractivity contribution < 1.29 is 14.3 Å². The molecule has 1 N–H and O–H groups in total. The summed E-state index contributed by atoms with van der Waals surface area (Å²) in [5.74, 6) is -1.20. The number of halogens is 1. The van der Waals surface area contributed by atoms with E-state index in [9.17, 15) is 14.4 Å². The molecule has 1 heterocycles. The van der Waals surface area contributed by atoms with Crippen LogP contribution in [0.5, 0.6) is 0 Å². The molecule has 34 heavy (non-hydrogen) atoms. The van der Waals surface area contributed by atoms with Crippen molar-refractivity contribution in [2.45, 2.75) is 13.0 Å². The van der Waals surface area contributed by atoms with Gasteiger partial charge in [-0.2, -0.15) is 5.10 Å². The molecular formula is C26H22ClN3O4. The minimum Gasteiger partial charge on any atom is -0.451 e. The van der Waals surface area contributed by atoms with Crippen LogP contribution in [0.1, 0.15) is 21.6 Å². The fourth-order valence-corrected chi connectivity index (χ4v) is 3.62. The molecule has 0 aliphatic rings. The Labute approximate surface area is 200 Å². The predicted molar refractivity (Wildman–Crippen MR) is 130 cm³/mol. The number of hydrogen-bond acceptors (Lipinski definition) is 5. The van der Waals surface area contributed by atoms with E-state index in [1.54, 1.807) is 36.4 Å². The van der Waals surface area contributed by atoms with Crippen LogP contribution in [0.4, 0.5) is 0 Å². The van der Waals surface area contributed by atoms with Gasteiger partial charge in [0.15, 0.2) is 12.3 Å². The lowest BCUT2D eigenvalue weighted by Gasteiger charge is -2.11. The summed E-state index contributed by atoms with van der Waals surface area (Å²) in [5, 5.41) is 8.37. The van der Waals surface area contributed by atoms with E-state index in [0.717, 1.165) is 11.1 Å². The summed E-state index contributed by atoms with van der Waals surface area (Å²) in [5.41, 5.74) is 1.57. The van der Waals surface area contributed by atoms with Crippen LogP contribution in [-0.2, 0) is 22.5 Å². The Morgan fingerprint density at radius 3 is 2.29 bits per heavy atom. The molecule has 8 heteroatoms. The minimum atomic E-state index is -0.772. The van der Waals surface area contributed by atoms with Gasteiger partial charge >= 0.3 is 5.97 Å². The molecule has 0 fully saturated rings. The highest BCUT2D eigenvalue weighted by molar-refractivity contribution is 6.30. The number of fused-ring (bicyclic) bond motifs is 1. The predicted octanol–water partition coefficient (Wildman–Crippen LogP) is 3.61. The Hall–Kier alpha value is -3.97. The molecule has 0 spiro atoms. The fourth-order valence-electron chi connectivity index (χ4n) is 3.50. The standard InChI is InChI=1S/C26H22ClN3O4/c27-20-12-10-18(11-13-20)14-15-28-23(31)17-34-26(33)24-21-8-4-5-9-22(21)25(32)30(29-24)16-19-6-2-1-3-7-19/h1-13H,14-17H2,(H,28,31). The largest absolute Gasteiger partial charge is 0.451 e. The van der Waals surface area contributed by atoms with E-state index in [1.165, 1.54) is 4.68 Å². The zero-order valence-electron chi connectivity index (χ0n) is 18.2. The molecule has 4 rings (SSSR count). The molecule has 7 nitrogen and oxygen atoms in total. The number of hydrogen-bond donors (Lipinski definition) is 1. The van der Waals surface area contributed by atoms with Gasteiger partial charge in [0.1, 0.15) is 0 Å². The van der Waals surface area contributed by atoms with Crippen LogP contribution < -0.4 is 10.9 Å². The van der Waals surface area contributed by atoms with Gasteiger partial charge in [0.2, 0.25) is 0 Å². The van der Waals surface area contributed by atoms with E-state index in [1.807, 2.05) is 42.5 Å². The molecule has 4 aromatic rings. The quantitative estimate of drug-likeness (QED) is 0.393. The molecule has 172 valence electrons. The third kappa shape index (κ3) is 5.68. The highest BCUT2D eigenvalue weighted by Crippen LogP contribution is 2.15. The molecule has 0 unspecified atom stereocenters. The van der Waals surface area contributed by atoms with Crippen LogP contribution >= 0.6 is 11.6 Å². The summed E-state index contributed by atoms with van der Waals surface area (Å²) >= 11 is 5.87. The van der Waals surface area contributed by atoms with E-state index >= 15 is 0 Å². The number of benzene rings is 3. The monoisotopic (exact) mass is 475 g/mol. The van der Waals surface area contributed by atoms with Crippen molar-refractivity contribution in [3.05, 3.63) is 111 Å². The van der Waals surface area contributed by atoms with Crippen LogP contribution in [-0.4, -0.2) is 34.8 Å². The Morgan fingerprint density at radius 1 is 0.882 bits per heavy atom. The fraction of sp³-hybridized carbons (Fsp3) is 0.154. The van der Waals surface area contributed by atoms with Crippen LogP contribution in [0.3, 0.4) is 0 Å². The molecule has 1 aromatic heterocycles. The first kappa shape index (κ1) is 23.2. The first-order chi connectivity index (χ1) is 16.5. The Kier molecular flexibility index (Phi) is 7.34. The Bertz CT molecular complexity index is 1370. The van der Waals surface area contributed by atoms with Gasteiger partial charge in [0.05, 0.1) is 11.9 Å². The molecule has 0 bridgehead atoms. The van der Waals surface area contributed by atoms with Gasteiger partial charge in [0, 0.05) is 17.0 Å². The van der Waals surface area contributed by atoms with Crippen LogP contribution in [0, 0.1) is 0 Å². The first-order valence-electron chi connectivity index (χ1n) is 10.7. The highest BCUT2D eigenvalue weighted by Gasteiger charge is 2.19. The average molecular weight is 476 g/mol. The second-order valence-electron chi connectivity index (χ2n) is 7.65. The van der Waals surface area contributed by atoms with E-state index < -0.39 is 18.5 Å². The second-order valence-corrected chi connectivity index (χ2v) is 8.08. The summed E-state index contributed by atoms with van der Waals surface area (Å²) in [7, 11) is 0. The molecule has 0 atom stereocenters. The number of ether oxygens (including phenoxy) is 1. The highest BCUT2D eigenvalue weighted by atomic mass is 35.5. The Morgan fingerprint density at radius 2 is 1.56 bits per heavy atom. The average Bonchev–Trinajstić information content (AvgIpc) is 2.86. The Balaban J connectivity index is 1.44. The van der Waals surface area contributed by atoms with Crippen LogP contribution in [0.25, 0.3) is 10.8 Å². The van der Waals surface area contributed by atoms with E-state index in [-0.39, 0.29) is 17.8 Å². The van der Waals surface area contributed by atoms with Crippen LogP contribution in [0.15, 0.2) is 83.7 Å². The SMILES string of the molecule is O=C(COC(=O)c1nn(Cc2ccccc2)c(=O)c2ccccc12)NCCc1ccc(Cl)cc1. The van der Waals surface area contributed by atoms with E-state index in [0.29, 0.717) is 28.8 Å². The normalized spacial score (nSPS) is 10.7. The van der Waals surface area contributed by atoms with Crippen molar-refractivity contribution in [2.24, 2.45) is 0 Å². The zero-order valence-corrected chi connectivity index (χ0v) is 19.0. The molecule has 3 aromatic carbocycles. The van der Waals surface area contributed by atoms with Gasteiger partial charge in [-0.05, 0) is 35.7 Å². The van der Waals surface area contributed by atoms with E-state index in [2.05, 4.69) is 10.4 Å². The molecule has 0 aliphatic heterocycles. The molecule has 1 amide bonds. The lowest BCUT2D eigenvalue weighted by molar-refractivity contribution is -0.124. The summed E-state index contributed by atoms with van der Waals surface area (Å²) < 4.78 is 6.45. The lowest BCUT2D eigenvalue weighted by Crippen LogP contribution is -2.31. The third-order valence-corrected chi connectivity index (χ3v) is 5.47. The van der Waals surface area contributed by atoms with Gasteiger partial charge < -0.3 is 10.1 Å². The maximum Gasteiger partial charge on any atom is 0.359 e. The number of aromatic nitrogens is 2. The van der Waals surface area contributed by atoms with E-state index in [4.69, 9.17) is 16.3 Å². The smallest absolute Gasteiger partial charge is 0.359 e. The number of nitrogens with one attached hydrogen (secondary N) is 1. The lowest BCUT2D eigenvalue weighted by atomic mass is 10.1. The third-order valence-electron chi connectivity index (χ3n) is 5.22. The number of amides is 1. The van der Waals surface area contributed by atoms with Crippen molar-refractivity contribution in [1.29, 1.82) is 0 Å². The molecular weight excluding hydrogens is 454 g/mol. The summed E-state index contributed by atoms with van der Waals surface area (Å²) in [6, 6.07) is 23.4. The summed E-state index contributed by atoms with van der Waals surface area (Å²) in [6.45, 7) is 0.143. The number of nitrogens with zero attached hydrogens (tertiary/aromatic N) is 2. The zero-order chi connectivity index (χ0) is 23.9. The van der Waals surface area contributed by atoms with Crippen molar-refractivity contribution in [1.82, 2.24) is 15.1 Å². The topological polar surface area (TPSA) is 90.3 Å². The number of carbonyl (C=O) groups excluding carboxylic acids is 2. The maximum atomic E-state index is 12.9. The van der Waals surface area contributed by atoms with Gasteiger partial charge in [-0.15, -0.1) is 0 Å². The van der Waals surface area contributed by atoms with Crippen molar-refractivity contribution in [3.8, 4) is 0 Å². The first-order valence-corrected chi connectivity index (χ1v) is 11.1. The molecule has 0 radical (unpaired) electrons. The van der Waals surface area contributed by atoms with Crippen molar-refractivity contribution in [2.75, 3.05) is 13.2 Å². The molecule has 0 saturated heterocycles. The van der Waals surface area contributed by atoms with Crippen molar-refractivity contribution >= 4 is 34.2 Å². The molecule has 0 saturated carbocycles. The second kappa shape index (κ2) is 10.8. The van der Waals surface area contributed by atoms with Gasteiger partial charge in [0.25, 0.3) is 11.5 Å². The summed E-state index contributed by atoms with van der Waals surface area (Å²) in [6.07, 6.45) is 0.619.